The standard InChI is InChI=1S/C18H16O3/c1-13-5-7-15(8-6-13)12-17(19)16-4-2-3-14(11-16)9-10-18(20)21/h2-11H,12H2,1H3,(H,20,21)/b10-9+. The average molecular weight is 280 g/mol. The molecule has 3 nitrogen and oxygen atoms in total. The lowest BCUT2D eigenvalue weighted by molar-refractivity contribution is -0.131. The molecule has 106 valence electrons. The molecule has 2 rings (SSSR count). The van der Waals surface area contributed by atoms with E-state index in [2.05, 4.69) is 0 Å². The Morgan fingerprint density at radius 2 is 1.81 bits per heavy atom. The van der Waals surface area contributed by atoms with Crippen LogP contribution in [0.4, 0.5) is 0 Å². The van der Waals surface area contributed by atoms with Crippen LogP contribution in [0, 0.1) is 6.92 Å². The highest BCUT2D eigenvalue weighted by Crippen LogP contribution is 2.12. The highest BCUT2D eigenvalue weighted by Gasteiger charge is 2.07. The molecule has 0 unspecified atom stereocenters. The van der Waals surface area contributed by atoms with E-state index in [4.69, 9.17) is 5.11 Å². The van der Waals surface area contributed by atoms with Gasteiger partial charge in [-0.3, -0.25) is 4.79 Å². The number of ketones is 1. The summed E-state index contributed by atoms with van der Waals surface area (Å²) in [5.41, 5.74) is 3.42. The van der Waals surface area contributed by atoms with Gasteiger partial charge in [0.05, 0.1) is 0 Å². The number of hydrogen-bond donors (Lipinski definition) is 1. The van der Waals surface area contributed by atoms with Crippen LogP contribution in [0.2, 0.25) is 0 Å². The molecule has 0 bridgehead atoms. The largest absolute Gasteiger partial charge is 0.478 e. The molecule has 0 aliphatic rings. The molecule has 0 amide bonds. The second kappa shape index (κ2) is 6.66. The molecule has 21 heavy (non-hydrogen) atoms. The minimum atomic E-state index is -1.01. The average Bonchev–Trinajstić information content (AvgIpc) is 2.48. The maximum Gasteiger partial charge on any atom is 0.328 e. The van der Waals surface area contributed by atoms with E-state index in [0.717, 1.165) is 17.2 Å². The SMILES string of the molecule is Cc1ccc(CC(=O)c2cccc(/C=C/C(=O)O)c2)cc1. The molecular weight excluding hydrogens is 264 g/mol. The van der Waals surface area contributed by atoms with Gasteiger partial charge in [-0.2, -0.15) is 0 Å². The Morgan fingerprint density at radius 1 is 1.10 bits per heavy atom. The van der Waals surface area contributed by atoms with Crippen LogP contribution in [0.25, 0.3) is 6.08 Å². The van der Waals surface area contributed by atoms with Crippen LogP contribution in [0.3, 0.4) is 0 Å². The number of aryl methyl sites for hydroxylation is 1. The topological polar surface area (TPSA) is 54.4 Å². The van der Waals surface area contributed by atoms with Crippen molar-refractivity contribution in [2.24, 2.45) is 0 Å². The third-order valence-corrected chi connectivity index (χ3v) is 3.11. The first-order valence-electron chi connectivity index (χ1n) is 6.64. The molecule has 0 aromatic heterocycles. The van der Waals surface area contributed by atoms with E-state index in [-0.39, 0.29) is 5.78 Å². The lowest BCUT2D eigenvalue weighted by Gasteiger charge is -2.03. The van der Waals surface area contributed by atoms with Crippen LogP contribution >= 0.6 is 0 Å². The van der Waals surface area contributed by atoms with Crippen LogP contribution in [0.1, 0.15) is 27.0 Å². The van der Waals surface area contributed by atoms with Crippen molar-refractivity contribution in [1.29, 1.82) is 0 Å². The third-order valence-electron chi connectivity index (χ3n) is 3.11. The summed E-state index contributed by atoms with van der Waals surface area (Å²) in [7, 11) is 0. The third kappa shape index (κ3) is 4.42. The smallest absolute Gasteiger partial charge is 0.328 e. The molecule has 3 heteroatoms. The van der Waals surface area contributed by atoms with Crippen molar-refractivity contribution in [1.82, 2.24) is 0 Å². The Kier molecular flexibility index (Phi) is 4.67. The number of benzene rings is 2. The van der Waals surface area contributed by atoms with Crippen molar-refractivity contribution < 1.29 is 14.7 Å². The second-order valence-electron chi connectivity index (χ2n) is 4.88. The summed E-state index contributed by atoms with van der Waals surface area (Å²) in [6.45, 7) is 2.00. The van der Waals surface area contributed by atoms with Gasteiger partial charge in [0.15, 0.2) is 5.78 Å². The van der Waals surface area contributed by atoms with Crippen molar-refractivity contribution in [3.63, 3.8) is 0 Å². The minimum Gasteiger partial charge on any atom is -0.478 e. The van der Waals surface area contributed by atoms with Crippen molar-refractivity contribution in [2.75, 3.05) is 0 Å². The van der Waals surface area contributed by atoms with Crippen LogP contribution < -0.4 is 0 Å². The number of carboxylic acids is 1. The van der Waals surface area contributed by atoms with Gasteiger partial charge in [-0.15, -0.1) is 0 Å². The predicted octanol–water partition coefficient (Wildman–Crippen LogP) is 3.52. The number of carbonyl (C=O) groups excluding carboxylic acids is 1. The van der Waals surface area contributed by atoms with Gasteiger partial charge in [0.25, 0.3) is 0 Å². The Labute approximate surface area is 123 Å². The zero-order chi connectivity index (χ0) is 15.2. The first kappa shape index (κ1) is 14.7. The summed E-state index contributed by atoms with van der Waals surface area (Å²) in [5.74, 6) is -0.990. The van der Waals surface area contributed by atoms with E-state index in [1.165, 1.54) is 6.08 Å². The fourth-order valence-electron chi connectivity index (χ4n) is 1.98. The molecule has 0 spiro atoms. The van der Waals surface area contributed by atoms with Crippen LogP contribution in [0.15, 0.2) is 54.6 Å². The van der Waals surface area contributed by atoms with E-state index in [0.29, 0.717) is 17.5 Å². The quantitative estimate of drug-likeness (QED) is 0.673. The van der Waals surface area contributed by atoms with E-state index >= 15 is 0 Å². The highest BCUT2D eigenvalue weighted by atomic mass is 16.4. The van der Waals surface area contributed by atoms with Gasteiger partial charge in [0.2, 0.25) is 0 Å². The minimum absolute atomic E-state index is 0.0180. The number of rotatable bonds is 5. The van der Waals surface area contributed by atoms with E-state index in [9.17, 15) is 9.59 Å². The molecule has 0 radical (unpaired) electrons. The monoisotopic (exact) mass is 280 g/mol. The highest BCUT2D eigenvalue weighted by molar-refractivity contribution is 5.98. The molecule has 0 heterocycles. The summed E-state index contributed by atoms with van der Waals surface area (Å²) in [5, 5.41) is 8.62. The number of Topliss-reactive ketones (excluding diaryl/α,β-unsaturated/α-hetero) is 1. The molecule has 0 saturated heterocycles. The second-order valence-corrected chi connectivity index (χ2v) is 4.88. The Morgan fingerprint density at radius 3 is 2.48 bits per heavy atom. The Balaban J connectivity index is 2.14. The van der Waals surface area contributed by atoms with E-state index in [1.54, 1.807) is 24.3 Å². The van der Waals surface area contributed by atoms with Gasteiger partial charge in [0.1, 0.15) is 0 Å². The summed E-state index contributed by atoms with van der Waals surface area (Å²) >= 11 is 0. The molecular formula is C18H16O3. The van der Waals surface area contributed by atoms with Gasteiger partial charge in [0, 0.05) is 18.1 Å². The van der Waals surface area contributed by atoms with Gasteiger partial charge in [-0.25, -0.2) is 4.79 Å². The van der Waals surface area contributed by atoms with Crippen LogP contribution in [-0.2, 0) is 11.2 Å². The first-order valence-corrected chi connectivity index (χ1v) is 6.64. The van der Waals surface area contributed by atoms with Gasteiger partial charge >= 0.3 is 5.97 Å². The Bertz CT molecular complexity index is 682. The predicted molar refractivity (Wildman–Crippen MR) is 82.3 cm³/mol. The number of carbonyl (C=O) groups is 2. The lowest BCUT2D eigenvalue weighted by atomic mass is 10.0. The maximum absolute atomic E-state index is 12.2. The molecule has 0 atom stereocenters. The van der Waals surface area contributed by atoms with Crippen molar-refractivity contribution in [3.8, 4) is 0 Å². The van der Waals surface area contributed by atoms with Gasteiger partial charge < -0.3 is 5.11 Å². The fourth-order valence-corrected chi connectivity index (χ4v) is 1.98. The van der Waals surface area contributed by atoms with Crippen LogP contribution in [0.5, 0.6) is 0 Å². The summed E-state index contributed by atoms with van der Waals surface area (Å²) < 4.78 is 0. The molecule has 1 N–H and O–H groups in total. The molecule has 0 aliphatic heterocycles. The van der Waals surface area contributed by atoms with Gasteiger partial charge in [-0.05, 0) is 30.2 Å². The van der Waals surface area contributed by atoms with Gasteiger partial charge in [-0.1, -0.05) is 48.0 Å². The number of hydrogen-bond acceptors (Lipinski definition) is 2. The fraction of sp³-hybridized carbons (Fsp3) is 0.111. The molecule has 0 saturated carbocycles. The zero-order valence-electron chi connectivity index (χ0n) is 11.7. The summed E-state index contributed by atoms with van der Waals surface area (Å²) in [4.78, 5) is 22.8. The zero-order valence-corrected chi connectivity index (χ0v) is 11.7. The maximum atomic E-state index is 12.2. The number of aliphatic carboxylic acids is 1. The molecule has 2 aromatic carbocycles. The molecule has 2 aromatic rings. The summed E-state index contributed by atoms with van der Waals surface area (Å²) in [6.07, 6.45) is 2.88. The van der Waals surface area contributed by atoms with Crippen molar-refractivity contribution >= 4 is 17.8 Å². The molecule has 0 aliphatic carbocycles. The lowest BCUT2D eigenvalue weighted by Crippen LogP contribution is -2.03. The number of carboxylic acid groups (broad SMARTS) is 1. The normalized spacial score (nSPS) is 10.7. The van der Waals surface area contributed by atoms with E-state index in [1.807, 2.05) is 31.2 Å². The molecule has 0 fully saturated rings. The van der Waals surface area contributed by atoms with E-state index < -0.39 is 5.97 Å². The summed E-state index contributed by atoms with van der Waals surface area (Å²) in [6, 6.07) is 14.8. The van der Waals surface area contributed by atoms with Crippen LogP contribution in [-0.4, -0.2) is 16.9 Å². The van der Waals surface area contributed by atoms with Crippen molar-refractivity contribution in [2.45, 2.75) is 13.3 Å². The first-order chi connectivity index (χ1) is 10.0. The van der Waals surface area contributed by atoms with Crippen molar-refractivity contribution in [3.05, 3.63) is 76.9 Å². The Hall–Kier alpha value is -2.68.